The van der Waals surface area contributed by atoms with Crippen molar-refractivity contribution in [3.8, 4) is 5.75 Å². The maximum absolute atomic E-state index is 12.9. The first-order chi connectivity index (χ1) is 17.0. The Morgan fingerprint density at radius 2 is 1.63 bits per heavy atom. The Hall–Kier alpha value is -3.42. The molecule has 35 heavy (non-hydrogen) atoms. The van der Waals surface area contributed by atoms with Gasteiger partial charge in [0.15, 0.2) is 0 Å². The zero-order chi connectivity index (χ0) is 24.5. The first-order valence-corrected chi connectivity index (χ1v) is 12.0. The van der Waals surface area contributed by atoms with Crippen LogP contribution in [-0.2, 0) is 11.3 Å². The third kappa shape index (κ3) is 7.80. The van der Waals surface area contributed by atoms with E-state index in [4.69, 9.17) is 4.74 Å². The molecule has 184 valence electrons. The van der Waals surface area contributed by atoms with E-state index in [-0.39, 0.29) is 18.3 Å². The van der Waals surface area contributed by atoms with E-state index in [1.807, 2.05) is 24.1 Å². The highest BCUT2D eigenvalue weighted by Gasteiger charge is 2.17. The Labute approximate surface area is 206 Å². The molecule has 1 N–H and O–H groups in total. The average Bonchev–Trinajstić information content (AvgIpc) is 2.87. The van der Waals surface area contributed by atoms with Gasteiger partial charge >= 0.3 is 0 Å². The van der Waals surface area contributed by atoms with E-state index in [2.05, 4.69) is 57.6 Å². The van der Waals surface area contributed by atoms with Gasteiger partial charge in [0.1, 0.15) is 18.2 Å². The minimum atomic E-state index is -0.291. The number of carbonyl (C=O) groups excluding carboxylic acids is 1. The molecule has 1 saturated heterocycles. The fourth-order valence-corrected chi connectivity index (χ4v) is 4.14. The molecule has 0 bridgehead atoms. The number of benzene rings is 3. The van der Waals surface area contributed by atoms with Gasteiger partial charge in [-0.1, -0.05) is 30.3 Å². The Morgan fingerprint density at radius 1 is 0.943 bits per heavy atom. The van der Waals surface area contributed by atoms with Crippen molar-refractivity contribution in [2.75, 3.05) is 63.1 Å². The summed E-state index contributed by atoms with van der Waals surface area (Å²) in [5.41, 5.74) is 3.32. The standard InChI is InChI=1S/C28H33FN4O2/c1-31(19-20-35-27-13-7-24(29)8-14-27)22-28(34)30-25-9-11-26(12-10-25)33-17-15-32(16-18-33)21-23-5-3-2-4-6-23/h2-14H,15-22H2,1H3,(H,30,34). The molecule has 1 heterocycles. The molecular formula is C28H33FN4O2. The van der Waals surface area contributed by atoms with Crippen LogP contribution in [0.25, 0.3) is 0 Å². The molecule has 1 fully saturated rings. The van der Waals surface area contributed by atoms with E-state index >= 15 is 0 Å². The van der Waals surface area contributed by atoms with E-state index in [0.717, 1.165) is 38.4 Å². The predicted molar refractivity (Wildman–Crippen MR) is 138 cm³/mol. The maximum Gasteiger partial charge on any atom is 0.238 e. The number of hydrogen-bond donors (Lipinski definition) is 1. The summed E-state index contributed by atoms with van der Waals surface area (Å²) in [5, 5.41) is 2.96. The SMILES string of the molecule is CN(CCOc1ccc(F)cc1)CC(=O)Nc1ccc(N2CCN(Cc3ccccc3)CC2)cc1. The fraction of sp³-hybridized carbons (Fsp3) is 0.321. The minimum Gasteiger partial charge on any atom is -0.492 e. The number of piperazine rings is 1. The lowest BCUT2D eigenvalue weighted by Gasteiger charge is -2.36. The average molecular weight is 477 g/mol. The third-order valence-electron chi connectivity index (χ3n) is 6.11. The molecule has 1 amide bonds. The van der Waals surface area contributed by atoms with Gasteiger partial charge in [0.2, 0.25) is 5.91 Å². The van der Waals surface area contributed by atoms with Crippen LogP contribution < -0.4 is 15.0 Å². The first-order valence-electron chi connectivity index (χ1n) is 12.0. The van der Waals surface area contributed by atoms with Gasteiger partial charge in [-0.2, -0.15) is 0 Å². The Bertz CT molecular complexity index is 1050. The van der Waals surface area contributed by atoms with Crippen LogP contribution in [0.3, 0.4) is 0 Å². The summed E-state index contributed by atoms with van der Waals surface area (Å²) in [6.45, 7) is 6.30. The van der Waals surface area contributed by atoms with Gasteiger partial charge in [-0.15, -0.1) is 0 Å². The summed E-state index contributed by atoms with van der Waals surface area (Å²) >= 11 is 0. The summed E-state index contributed by atoms with van der Waals surface area (Å²) < 4.78 is 18.5. The summed E-state index contributed by atoms with van der Waals surface area (Å²) in [5.74, 6) is 0.249. The minimum absolute atomic E-state index is 0.0726. The van der Waals surface area contributed by atoms with Crippen LogP contribution in [0.5, 0.6) is 5.75 Å². The molecule has 1 aliphatic rings. The van der Waals surface area contributed by atoms with Crippen molar-refractivity contribution in [2.24, 2.45) is 0 Å². The summed E-state index contributed by atoms with van der Waals surface area (Å²) in [7, 11) is 1.87. The Kier molecular flexibility index (Phi) is 8.70. The predicted octanol–water partition coefficient (Wildman–Crippen LogP) is 4.10. The number of halogens is 1. The van der Waals surface area contributed by atoms with Crippen molar-refractivity contribution in [1.82, 2.24) is 9.80 Å². The molecule has 0 unspecified atom stereocenters. The topological polar surface area (TPSA) is 48.1 Å². The molecule has 3 aromatic rings. The summed E-state index contributed by atoms with van der Waals surface area (Å²) in [6, 6.07) is 24.6. The quantitative estimate of drug-likeness (QED) is 0.478. The normalized spacial score (nSPS) is 14.2. The van der Waals surface area contributed by atoms with Crippen LogP contribution in [0.1, 0.15) is 5.56 Å². The van der Waals surface area contributed by atoms with Gasteiger partial charge in [0.05, 0.1) is 6.54 Å². The number of rotatable bonds is 10. The van der Waals surface area contributed by atoms with Crippen molar-refractivity contribution in [2.45, 2.75) is 6.54 Å². The van der Waals surface area contributed by atoms with Crippen molar-refractivity contribution in [1.29, 1.82) is 0 Å². The molecule has 0 aliphatic carbocycles. The van der Waals surface area contributed by atoms with Gasteiger partial charge < -0.3 is 15.0 Å². The number of amides is 1. The summed E-state index contributed by atoms with van der Waals surface area (Å²) in [6.07, 6.45) is 0. The molecule has 6 nitrogen and oxygen atoms in total. The lowest BCUT2D eigenvalue weighted by atomic mass is 10.2. The molecule has 3 aromatic carbocycles. The largest absolute Gasteiger partial charge is 0.492 e. The number of nitrogens with one attached hydrogen (secondary N) is 1. The van der Waals surface area contributed by atoms with Crippen molar-refractivity contribution in [3.05, 3.63) is 90.2 Å². The Balaban J connectivity index is 1.16. The monoisotopic (exact) mass is 476 g/mol. The molecule has 4 rings (SSSR count). The molecule has 0 spiro atoms. The second-order valence-electron chi connectivity index (χ2n) is 8.88. The maximum atomic E-state index is 12.9. The van der Waals surface area contributed by atoms with Crippen LogP contribution in [0.2, 0.25) is 0 Å². The molecule has 0 radical (unpaired) electrons. The lowest BCUT2D eigenvalue weighted by Crippen LogP contribution is -2.45. The highest BCUT2D eigenvalue weighted by molar-refractivity contribution is 5.92. The van der Waals surface area contributed by atoms with Crippen molar-refractivity contribution >= 4 is 17.3 Å². The number of hydrogen-bond acceptors (Lipinski definition) is 5. The highest BCUT2D eigenvalue weighted by atomic mass is 19.1. The zero-order valence-corrected chi connectivity index (χ0v) is 20.2. The molecular weight excluding hydrogens is 443 g/mol. The summed E-state index contributed by atoms with van der Waals surface area (Å²) in [4.78, 5) is 19.2. The Morgan fingerprint density at radius 3 is 2.31 bits per heavy atom. The number of anilines is 2. The van der Waals surface area contributed by atoms with Crippen LogP contribution in [0.15, 0.2) is 78.9 Å². The van der Waals surface area contributed by atoms with Crippen LogP contribution in [0, 0.1) is 5.82 Å². The third-order valence-corrected chi connectivity index (χ3v) is 6.11. The fourth-order valence-electron chi connectivity index (χ4n) is 4.14. The van der Waals surface area contributed by atoms with Gasteiger partial charge in [-0.3, -0.25) is 14.6 Å². The van der Waals surface area contributed by atoms with Crippen molar-refractivity contribution < 1.29 is 13.9 Å². The second-order valence-corrected chi connectivity index (χ2v) is 8.88. The van der Waals surface area contributed by atoms with Gasteiger partial charge in [0, 0.05) is 50.6 Å². The smallest absolute Gasteiger partial charge is 0.238 e. The van der Waals surface area contributed by atoms with Crippen molar-refractivity contribution in [3.63, 3.8) is 0 Å². The number of likely N-dealkylation sites (N-methyl/N-ethyl adjacent to an activating group) is 1. The second kappa shape index (κ2) is 12.3. The van der Waals surface area contributed by atoms with Gasteiger partial charge in [-0.25, -0.2) is 4.39 Å². The first kappa shape index (κ1) is 24.7. The number of carbonyl (C=O) groups is 1. The van der Waals surface area contributed by atoms with Crippen LogP contribution >= 0.6 is 0 Å². The molecule has 1 aliphatic heterocycles. The highest BCUT2D eigenvalue weighted by Crippen LogP contribution is 2.20. The molecule has 0 atom stereocenters. The lowest BCUT2D eigenvalue weighted by molar-refractivity contribution is -0.117. The van der Waals surface area contributed by atoms with E-state index in [0.29, 0.717) is 18.9 Å². The molecule has 7 heteroatoms. The molecule has 0 aromatic heterocycles. The number of nitrogens with zero attached hydrogens (tertiary/aromatic N) is 3. The molecule has 0 saturated carbocycles. The van der Waals surface area contributed by atoms with E-state index < -0.39 is 0 Å². The number of ether oxygens (including phenoxy) is 1. The van der Waals surface area contributed by atoms with Crippen LogP contribution in [0.4, 0.5) is 15.8 Å². The van der Waals surface area contributed by atoms with Gasteiger partial charge in [-0.05, 0) is 61.1 Å². The van der Waals surface area contributed by atoms with E-state index in [9.17, 15) is 9.18 Å². The van der Waals surface area contributed by atoms with E-state index in [1.54, 1.807) is 12.1 Å². The van der Waals surface area contributed by atoms with Crippen LogP contribution in [-0.4, -0.2) is 68.6 Å². The zero-order valence-electron chi connectivity index (χ0n) is 20.2. The van der Waals surface area contributed by atoms with Gasteiger partial charge in [0.25, 0.3) is 0 Å². The van der Waals surface area contributed by atoms with E-state index in [1.165, 1.54) is 23.4 Å².